The predicted octanol–water partition coefficient (Wildman–Crippen LogP) is -0.276. The van der Waals surface area contributed by atoms with Crippen molar-refractivity contribution in [1.29, 1.82) is 0 Å². The van der Waals surface area contributed by atoms with E-state index in [0.29, 0.717) is 0 Å². The number of hydrogen-bond acceptors (Lipinski definition) is 4. The standard InChI is InChI=1S/C10H16O4/c11-4-8-6-2-1-3-7(10(6)13)9(5-12)14-8/h6-9,11-12H,1-5H2/t6-,7+,8-,9+. The Kier molecular flexibility index (Phi) is 2.85. The topological polar surface area (TPSA) is 66.8 Å². The highest BCUT2D eigenvalue weighted by Crippen LogP contribution is 2.37. The van der Waals surface area contributed by atoms with E-state index in [4.69, 9.17) is 14.9 Å². The largest absolute Gasteiger partial charge is 0.394 e. The lowest BCUT2D eigenvalue weighted by molar-refractivity contribution is -0.176. The van der Waals surface area contributed by atoms with E-state index >= 15 is 0 Å². The Morgan fingerprint density at radius 1 is 1.14 bits per heavy atom. The number of ketones is 1. The Labute approximate surface area is 82.9 Å². The molecule has 0 aromatic rings. The fourth-order valence-corrected chi connectivity index (χ4v) is 2.61. The monoisotopic (exact) mass is 200 g/mol. The summed E-state index contributed by atoms with van der Waals surface area (Å²) in [4.78, 5) is 11.8. The van der Waals surface area contributed by atoms with Gasteiger partial charge in [0, 0.05) is 11.8 Å². The second kappa shape index (κ2) is 3.96. The van der Waals surface area contributed by atoms with Gasteiger partial charge < -0.3 is 14.9 Å². The fourth-order valence-electron chi connectivity index (χ4n) is 2.61. The van der Waals surface area contributed by atoms with Gasteiger partial charge >= 0.3 is 0 Å². The molecule has 2 N–H and O–H groups in total. The minimum Gasteiger partial charge on any atom is -0.394 e. The van der Waals surface area contributed by atoms with Crippen molar-refractivity contribution in [3.8, 4) is 0 Å². The summed E-state index contributed by atoms with van der Waals surface area (Å²) < 4.78 is 5.50. The van der Waals surface area contributed by atoms with E-state index in [1.807, 2.05) is 0 Å². The Hall–Kier alpha value is -0.450. The van der Waals surface area contributed by atoms with Crippen LogP contribution in [0.3, 0.4) is 0 Å². The number of carbonyl (C=O) groups excluding carboxylic acids is 1. The van der Waals surface area contributed by atoms with Crippen molar-refractivity contribution in [3.63, 3.8) is 0 Å². The zero-order valence-electron chi connectivity index (χ0n) is 8.06. The van der Waals surface area contributed by atoms with Gasteiger partial charge in [0.25, 0.3) is 0 Å². The molecule has 0 aromatic carbocycles. The van der Waals surface area contributed by atoms with Gasteiger partial charge in [0.2, 0.25) is 0 Å². The van der Waals surface area contributed by atoms with Gasteiger partial charge in [-0.1, -0.05) is 6.42 Å². The fraction of sp³-hybridized carbons (Fsp3) is 0.900. The molecule has 2 aliphatic rings. The molecule has 0 radical (unpaired) electrons. The molecule has 80 valence electrons. The summed E-state index contributed by atoms with van der Waals surface area (Å²) in [5.74, 6) is -0.0938. The lowest BCUT2D eigenvalue weighted by Crippen LogP contribution is -2.53. The van der Waals surface area contributed by atoms with E-state index in [0.717, 1.165) is 19.3 Å². The first-order valence-corrected chi connectivity index (χ1v) is 5.18. The van der Waals surface area contributed by atoms with E-state index in [1.165, 1.54) is 0 Å². The highest BCUT2D eigenvalue weighted by atomic mass is 16.5. The molecule has 0 aromatic heterocycles. The second-order valence-corrected chi connectivity index (χ2v) is 4.12. The first-order valence-electron chi connectivity index (χ1n) is 5.18. The molecule has 0 amide bonds. The SMILES string of the molecule is O=C1[C@H]2CCC[C@@H]1[C@@H](CO)O[C@H]2CO. The maximum atomic E-state index is 11.8. The van der Waals surface area contributed by atoms with Crippen LogP contribution in [0.4, 0.5) is 0 Å². The van der Waals surface area contributed by atoms with E-state index < -0.39 is 12.2 Å². The molecule has 1 saturated carbocycles. The van der Waals surface area contributed by atoms with E-state index in [9.17, 15) is 4.79 Å². The third-order valence-corrected chi connectivity index (χ3v) is 3.37. The third kappa shape index (κ3) is 1.47. The van der Waals surface area contributed by atoms with Crippen LogP contribution in [0.2, 0.25) is 0 Å². The summed E-state index contributed by atoms with van der Waals surface area (Å²) in [6, 6.07) is 0. The summed E-state index contributed by atoms with van der Waals surface area (Å²) in [5, 5.41) is 18.2. The van der Waals surface area contributed by atoms with Crippen LogP contribution in [0.25, 0.3) is 0 Å². The number of rotatable bonds is 2. The number of Topliss-reactive ketones (excluding diaryl/α,β-unsaturated/α-hetero) is 1. The minimum absolute atomic E-state index is 0.125. The molecule has 4 nitrogen and oxygen atoms in total. The quantitative estimate of drug-likeness (QED) is 0.643. The van der Waals surface area contributed by atoms with Gasteiger partial charge in [-0.3, -0.25) is 4.79 Å². The van der Waals surface area contributed by atoms with Crippen LogP contribution in [0.5, 0.6) is 0 Å². The molecule has 1 aliphatic carbocycles. The van der Waals surface area contributed by atoms with E-state index in [-0.39, 0.29) is 30.8 Å². The number of fused-ring (bicyclic) bond motifs is 2. The average molecular weight is 200 g/mol. The molecule has 2 fully saturated rings. The maximum Gasteiger partial charge on any atom is 0.144 e. The molecule has 2 bridgehead atoms. The van der Waals surface area contributed by atoms with Crippen LogP contribution >= 0.6 is 0 Å². The van der Waals surface area contributed by atoms with Crippen molar-refractivity contribution in [2.24, 2.45) is 11.8 Å². The maximum absolute atomic E-state index is 11.8. The predicted molar refractivity (Wildman–Crippen MR) is 48.7 cm³/mol. The van der Waals surface area contributed by atoms with Crippen molar-refractivity contribution < 1.29 is 19.7 Å². The molecule has 1 saturated heterocycles. The molecular weight excluding hydrogens is 184 g/mol. The molecule has 1 aliphatic heterocycles. The lowest BCUT2D eigenvalue weighted by Gasteiger charge is -2.42. The number of ether oxygens (including phenoxy) is 1. The smallest absolute Gasteiger partial charge is 0.144 e. The molecule has 4 heteroatoms. The molecule has 1 heterocycles. The van der Waals surface area contributed by atoms with Crippen molar-refractivity contribution in [1.82, 2.24) is 0 Å². The van der Waals surface area contributed by atoms with Crippen LogP contribution in [-0.4, -0.2) is 41.4 Å². The van der Waals surface area contributed by atoms with Gasteiger partial charge in [-0.15, -0.1) is 0 Å². The molecule has 2 rings (SSSR count). The van der Waals surface area contributed by atoms with Gasteiger partial charge in [0.1, 0.15) is 5.78 Å². The Balaban J connectivity index is 2.17. The Morgan fingerprint density at radius 3 is 2.07 bits per heavy atom. The van der Waals surface area contributed by atoms with Gasteiger partial charge in [-0.2, -0.15) is 0 Å². The van der Waals surface area contributed by atoms with E-state index in [1.54, 1.807) is 0 Å². The molecule has 14 heavy (non-hydrogen) atoms. The summed E-state index contributed by atoms with van der Waals surface area (Å²) in [5.41, 5.74) is 0. The molecular formula is C10H16O4. The van der Waals surface area contributed by atoms with Gasteiger partial charge in [0.15, 0.2) is 0 Å². The second-order valence-electron chi connectivity index (χ2n) is 4.12. The zero-order valence-corrected chi connectivity index (χ0v) is 8.06. The minimum atomic E-state index is -0.392. The Morgan fingerprint density at radius 2 is 1.64 bits per heavy atom. The van der Waals surface area contributed by atoms with E-state index in [2.05, 4.69) is 0 Å². The van der Waals surface area contributed by atoms with Crippen LogP contribution in [0.15, 0.2) is 0 Å². The first-order chi connectivity index (χ1) is 6.77. The Bertz CT molecular complexity index is 208. The van der Waals surface area contributed by atoms with Crippen LogP contribution in [0, 0.1) is 11.8 Å². The molecule has 4 atom stereocenters. The lowest BCUT2D eigenvalue weighted by atomic mass is 9.73. The number of aliphatic hydroxyl groups excluding tert-OH is 2. The van der Waals surface area contributed by atoms with Crippen LogP contribution < -0.4 is 0 Å². The first kappa shape index (κ1) is 10.1. The van der Waals surface area contributed by atoms with Gasteiger partial charge in [0.05, 0.1) is 25.4 Å². The summed E-state index contributed by atoms with van der Waals surface area (Å²) in [7, 11) is 0. The van der Waals surface area contributed by atoms with Crippen LogP contribution in [-0.2, 0) is 9.53 Å². The summed E-state index contributed by atoms with van der Waals surface area (Å²) in [6.07, 6.45) is 1.85. The van der Waals surface area contributed by atoms with Crippen molar-refractivity contribution in [2.75, 3.05) is 13.2 Å². The highest BCUT2D eigenvalue weighted by molar-refractivity contribution is 5.86. The zero-order chi connectivity index (χ0) is 10.1. The summed E-state index contributed by atoms with van der Waals surface area (Å²) >= 11 is 0. The summed E-state index contributed by atoms with van der Waals surface area (Å²) in [6.45, 7) is -0.251. The number of hydrogen-bond donors (Lipinski definition) is 2. The number of carbonyl (C=O) groups is 1. The van der Waals surface area contributed by atoms with Crippen molar-refractivity contribution >= 4 is 5.78 Å². The van der Waals surface area contributed by atoms with Crippen molar-refractivity contribution in [3.05, 3.63) is 0 Å². The third-order valence-electron chi connectivity index (χ3n) is 3.37. The average Bonchev–Trinajstić information content (AvgIpc) is 2.18. The molecule has 0 unspecified atom stereocenters. The van der Waals surface area contributed by atoms with Crippen LogP contribution in [0.1, 0.15) is 19.3 Å². The number of aliphatic hydroxyl groups is 2. The van der Waals surface area contributed by atoms with Gasteiger partial charge in [-0.05, 0) is 12.8 Å². The molecule has 0 spiro atoms. The van der Waals surface area contributed by atoms with Gasteiger partial charge in [-0.25, -0.2) is 0 Å². The van der Waals surface area contributed by atoms with Crippen molar-refractivity contribution in [2.45, 2.75) is 31.5 Å². The highest BCUT2D eigenvalue weighted by Gasteiger charge is 2.46. The normalized spacial score (nSPS) is 42.6.